The molecule has 0 fully saturated rings. The lowest BCUT2D eigenvalue weighted by molar-refractivity contribution is -0.142. The van der Waals surface area contributed by atoms with Crippen LogP contribution in [0.3, 0.4) is 0 Å². The first kappa shape index (κ1) is 24.1. The molecule has 1 rings (SSSR count). The first-order chi connectivity index (χ1) is 13.4. The van der Waals surface area contributed by atoms with Crippen LogP contribution in [0.1, 0.15) is 40.2 Å². The SMILES string of the molecule is COC(=O)[C@H](Cc1ccc(O)cc1)NC(=O)N[C@@H](NC(=O)OC(C)(C)C)C(C)C. The molecule has 2 atom stereocenters. The predicted octanol–water partition coefficient (Wildman–Crippen LogP) is 2.28. The van der Waals surface area contributed by atoms with Gasteiger partial charge in [0.15, 0.2) is 0 Å². The second kappa shape index (κ2) is 10.5. The van der Waals surface area contributed by atoms with Crippen LogP contribution in [0.4, 0.5) is 9.59 Å². The van der Waals surface area contributed by atoms with Gasteiger partial charge in [-0.2, -0.15) is 0 Å². The van der Waals surface area contributed by atoms with E-state index in [1.807, 2.05) is 13.8 Å². The maximum absolute atomic E-state index is 12.4. The summed E-state index contributed by atoms with van der Waals surface area (Å²) in [6.45, 7) is 8.84. The Bertz CT molecular complexity index is 697. The first-order valence-corrected chi connectivity index (χ1v) is 9.33. The summed E-state index contributed by atoms with van der Waals surface area (Å²) >= 11 is 0. The van der Waals surface area contributed by atoms with Crippen molar-refractivity contribution >= 4 is 18.1 Å². The largest absolute Gasteiger partial charge is 0.508 e. The Balaban J connectivity index is 2.77. The molecule has 0 bridgehead atoms. The normalized spacial score (nSPS) is 13.2. The molecule has 1 aromatic rings. The van der Waals surface area contributed by atoms with E-state index < -0.39 is 35.9 Å². The number of ether oxygens (including phenoxy) is 2. The fourth-order valence-corrected chi connectivity index (χ4v) is 2.35. The van der Waals surface area contributed by atoms with Crippen molar-refractivity contribution in [2.45, 2.75) is 58.8 Å². The van der Waals surface area contributed by atoms with Gasteiger partial charge in [0.05, 0.1) is 7.11 Å². The lowest BCUT2D eigenvalue weighted by atomic mass is 10.1. The maximum Gasteiger partial charge on any atom is 0.409 e. The van der Waals surface area contributed by atoms with Crippen molar-refractivity contribution in [1.82, 2.24) is 16.0 Å². The fraction of sp³-hybridized carbons (Fsp3) is 0.550. The summed E-state index contributed by atoms with van der Waals surface area (Å²) in [6, 6.07) is 4.68. The van der Waals surface area contributed by atoms with Crippen LogP contribution in [-0.4, -0.2) is 48.1 Å². The molecule has 9 nitrogen and oxygen atoms in total. The third-order valence-corrected chi connectivity index (χ3v) is 3.79. The quantitative estimate of drug-likeness (QED) is 0.404. The van der Waals surface area contributed by atoms with Gasteiger partial charge >= 0.3 is 18.1 Å². The van der Waals surface area contributed by atoms with E-state index in [2.05, 4.69) is 16.0 Å². The lowest BCUT2D eigenvalue weighted by Crippen LogP contribution is -2.57. The average molecular weight is 409 g/mol. The topological polar surface area (TPSA) is 126 Å². The van der Waals surface area contributed by atoms with Crippen LogP contribution < -0.4 is 16.0 Å². The highest BCUT2D eigenvalue weighted by molar-refractivity contribution is 5.84. The minimum absolute atomic E-state index is 0.0991. The molecule has 1 aromatic carbocycles. The van der Waals surface area contributed by atoms with E-state index in [1.165, 1.54) is 19.2 Å². The van der Waals surface area contributed by atoms with Gasteiger partial charge in [0.2, 0.25) is 0 Å². The number of aromatic hydroxyl groups is 1. The number of amides is 3. The van der Waals surface area contributed by atoms with E-state index in [-0.39, 0.29) is 18.1 Å². The van der Waals surface area contributed by atoms with Gasteiger partial charge in [-0.1, -0.05) is 26.0 Å². The zero-order valence-electron chi connectivity index (χ0n) is 17.7. The van der Waals surface area contributed by atoms with Gasteiger partial charge in [0.25, 0.3) is 0 Å². The smallest absolute Gasteiger partial charge is 0.409 e. The monoisotopic (exact) mass is 409 g/mol. The van der Waals surface area contributed by atoms with Crippen molar-refractivity contribution in [3.63, 3.8) is 0 Å². The van der Waals surface area contributed by atoms with E-state index >= 15 is 0 Å². The van der Waals surface area contributed by atoms with Gasteiger partial charge in [-0.3, -0.25) is 0 Å². The third kappa shape index (κ3) is 9.18. The van der Waals surface area contributed by atoms with Crippen LogP contribution in [0.25, 0.3) is 0 Å². The van der Waals surface area contributed by atoms with Gasteiger partial charge in [-0.15, -0.1) is 0 Å². The minimum atomic E-state index is -0.945. The zero-order chi connectivity index (χ0) is 22.2. The highest BCUT2D eigenvalue weighted by atomic mass is 16.6. The molecule has 9 heteroatoms. The van der Waals surface area contributed by atoms with Crippen molar-refractivity contribution in [2.75, 3.05) is 7.11 Å². The van der Waals surface area contributed by atoms with Crippen LogP contribution >= 0.6 is 0 Å². The van der Waals surface area contributed by atoms with Gasteiger partial charge in [-0.25, -0.2) is 14.4 Å². The first-order valence-electron chi connectivity index (χ1n) is 9.33. The van der Waals surface area contributed by atoms with E-state index in [1.54, 1.807) is 32.9 Å². The molecular formula is C20H31N3O6. The minimum Gasteiger partial charge on any atom is -0.508 e. The molecule has 4 N–H and O–H groups in total. The number of alkyl carbamates (subject to hydrolysis) is 1. The number of hydrogen-bond acceptors (Lipinski definition) is 6. The van der Waals surface area contributed by atoms with Gasteiger partial charge < -0.3 is 30.5 Å². The number of benzene rings is 1. The van der Waals surface area contributed by atoms with E-state index in [0.717, 1.165) is 5.56 Å². The average Bonchev–Trinajstić information content (AvgIpc) is 2.60. The van der Waals surface area contributed by atoms with Crippen molar-refractivity contribution in [2.24, 2.45) is 5.92 Å². The molecule has 0 saturated carbocycles. The molecule has 0 heterocycles. The number of rotatable bonds is 7. The standard InChI is InChI=1S/C20H31N3O6/c1-12(2)16(23-19(27)29-20(3,4)5)22-18(26)21-15(17(25)28-6)11-13-7-9-14(24)10-8-13/h7-10,12,15-16,24H,11H2,1-6H3,(H,23,27)(H2,21,22,26)/t15-,16-/m0/s1. The molecule has 0 saturated heterocycles. The number of carbonyl (C=O) groups is 3. The number of phenols is 1. The van der Waals surface area contributed by atoms with E-state index in [9.17, 15) is 19.5 Å². The van der Waals surface area contributed by atoms with Crippen LogP contribution in [-0.2, 0) is 20.7 Å². The summed E-state index contributed by atoms with van der Waals surface area (Å²) in [6.07, 6.45) is -1.20. The predicted molar refractivity (Wildman–Crippen MR) is 107 cm³/mol. The summed E-state index contributed by atoms with van der Waals surface area (Å²) in [5.41, 5.74) is 0.0549. The molecular weight excluding hydrogens is 378 g/mol. The molecule has 0 spiro atoms. The Kier molecular flexibility index (Phi) is 8.75. The van der Waals surface area contributed by atoms with Gasteiger partial charge in [-0.05, 0) is 44.4 Å². The Morgan fingerprint density at radius 1 is 1.03 bits per heavy atom. The van der Waals surface area contributed by atoms with Crippen LogP contribution in [0, 0.1) is 5.92 Å². The van der Waals surface area contributed by atoms with Crippen LogP contribution in [0.15, 0.2) is 24.3 Å². The summed E-state index contributed by atoms with van der Waals surface area (Å²) < 4.78 is 9.97. The van der Waals surface area contributed by atoms with E-state index in [4.69, 9.17) is 9.47 Å². The highest BCUT2D eigenvalue weighted by Gasteiger charge is 2.26. The molecule has 0 aromatic heterocycles. The molecule has 162 valence electrons. The van der Waals surface area contributed by atoms with Crippen LogP contribution in [0.5, 0.6) is 5.75 Å². The third-order valence-electron chi connectivity index (χ3n) is 3.79. The Labute approximate surface area is 171 Å². The molecule has 0 aliphatic heterocycles. The molecule has 3 amide bonds. The molecule has 0 radical (unpaired) electrons. The van der Waals surface area contributed by atoms with Crippen LogP contribution in [0.2, 0.25) is 0 Å². The molecule has 0 aliphatic rings. The highest BCUT2D eigenvalue weighted by Crippen LogP contribution is 2.12. The van der Waals surface area contributed by atoms with E-state index in [0.29, 0.717) is 0 Å². The van der Waals surface area contributed by atoms with Gasteiger partial charge in [0.1, 0.15) is 23.6 Å². The number of carbonyl (C=O) groups excluding carboxylic acids is 3. The Morgan fingerprint density at radius 2 is 1.62 bits per heavy atom. The number of nitrogens with one attached hydrogen (secondary N) is 3. The number of methoxy groups -OCH3 is 1. The molecule has 0 aliphatic carbocycles. The zero-order valence-corrected chi connectivity index (χ0v) is 17.7. The van der Waals surface area contributed by atoms with Crippen molar-refractivity contribution in [3.05, 3.63) is 29.8 Å². The van der Waals surface area contributed by atoms with Crippen molar-refractivity contribution < 1.29 is 29.0 Å². The maximum atomic E-state index is 12.4. The summed E-state index contributed by atoms with van der Waals surface area (Å²) in [5.74, 6) is -0.654. The Hall–Kier alpha value is -2.97. The lowest BCUT2D eigenvalue weighted by Gasteiger charge is -2.27. The van der Waals surface area contributed by atoms with Gasteiger partial charge in [0, 0.05) is 6.42 Å². The molecule has 29 heavy (non-hydrogen) atoms. The number of urea groups is 1. The fourth-order valence-electron chi connectivity index (χ4n) is 2.35. The number of phenolic OH excluding ortho intramolecular Hbond substituents is 1. The number of esters is 1. The summed E-state index contributed by atoms with van der Waals surface area (Å²) in [7, 11) is 1.23. The molecule has 0 unspecified atom stereocenters. The number of hydrogen-bond donors (Lipinski definition) is 4. The van der Waals surface area contributed by atoms with Crippen molar-refractivity contribution in [1.29, 1.82) is 0 Å². The summed E-state index contributed by atoms with van der Waals surface area (Å²) in [5, 5.41) is 17.2. The van der Waals surface area contributed by atoms with Crippen molar-refractivity contribution in [3.8, 4) is 5.75 Å². The second-order valence-electron chi connectivity index (χ2n) is 7.93. The Morgan fingerprint density at radius 3 is 2.10 bits per heavy atom. The second-order valence-corrected chi connectivity index (χ2v) is 7.93. The summed E-state index contributed by atoms with van der Waals surface area (Å²) in [4.78, 5) is 36.5.